The van der Waals surface area contributed by atoms with Gasteiger partial charge in [-0.3, -0.25) is 4.79 Å². The number of carbonyl (C=O) groups is 1. The van der Waals surface area contributed by atoms with E-state index in [0.29, 0.717) is 21.2 Å². The summed E-state index contributed by atoms with van der Waals surface area (Å²) in [6.07, 6.45) is -3.49. The summed E-state index contributed by atoms with van der Waals surface area (Å²) in [4.78, 5) is 16.4. The molecule has 3 N–H and O–H groups in total. The van der Waals surface area contributed by atoms with E-state index < -0.39 is 12.3 Å². The number of ether oxygens (including phenoxy) is 2. The Kier molecular flexibility index (Phi) is 7.32. The average Bonchev–Trinajstić information content (AvgIpc) is 2.72. The van der Waals surface area contributed by atoms with Crippen molar-refractivity contribution in [2.75, 3.05) is 5.73 Å². The van der Waals surface area contributed by atoms with E-state index in [2.05, 4.69) is 15.0 Å². The van der Waals surface area contributed by atoms with Crippen molar-refractivity contribution in [2.45, 2.75) is 19.5 Å². The van der Waals surface area contributed by atoms with Crippen LogP contribution in [0.15, 0.2) is 54.7 Å². The van der Waals surface area contributed by atoms with Crippen LogP contribution in [0, 0.1) is 0 Å². The lowest BCUT2D eigenvalue weighted by atomic mass is 10.2. The lowest BCUT2D eigenvalue weighted by molar-refractivity contribution is -0.274. The van der Waals surface area contributed by atoms with Crippen LogP contribution in [0.4, 0.5) is 19.0 Å². The number of amides is 1. The number of nitrogens with two attached hydrogens (primary N) is 1. The molecule has 168 valence electrons. The molecular formula is C21H16Cl2F3N3O3. The minimum atomic E-state index is -4.77. The van der Waals surface area contributed by atoms with Crippen LogP contribution in [0.2, 0.25) is 10.0 Å². The summed E-state index contributed by atoms with van der Waals surface area (Å²) in [6, 6.07) is 11.6. The van der Waals surface area contributed by atoms with Crippen molar-refractivity contribution in [3.8, 4) is 11.5 Å². The van der Waals surface area contributed by atoms with Crippen molar-refractivity contribution in [1.29, 1.82) is 0 Å². The Balaban J connectivity index is 1.62. The molecule has 0 unspecified atom stereocenters. The molecule has 11 heteroatoms. The molecular weight excluding hydrogens is 470 g/mol. The second-order valence-electron chi connectivity index (χ2n) is 6.47. The molecule has 0 radical (unpaired) electrons. The first-order valence-corrected chi connectivity index (χ1v) is 9.82. The highest BCUT2D eigenvalue weighted by atomic mass is 35.5. The maximum atomic E-state index is 12.5. The molecule has 0 aliphatic carbocycles. The highest BCUT2D eigenvalue weighted by molar-refractivity contribution is 6.35. The summed E-state index contributed by atoms with van der Waals surface area (Å²) in [5, 5.41) is 3.48. The Labute approximate surface area is 191 Å². The second-order valence-corrected chi connectivity index (χ2v) is 7.29. The number of hydrogen-bond acceptors (Lipinski definition) is 5. The van der Waals surface area contributed by atoms with Gasteiger partial charge in [-0.1, -0.05) is 41.4 Å². The lowest BCUT2D eigenvalue weighted by Gasteiger charge is -2.12. The molecule has 0 saturated carbocycles. The SMILES string of the molecule is Nc1ncc(C(=O)NCc2ccc(OC(F)(F)F)cc2)cc1OCc1c(Cl)cccc1Cl. The third-order valence-electron chi connectivity index (χ3n) is 4.19. The Bertz CT molecular complexity index is 1090. The van der Waals surface area contributed by atoms with E-state index in [0.717, 1.165) is 12.1 Å². The molecule has 0 bridgehead atoms. The molecule has 1 heterocycles. The molecule has 6 nitrogen and oxygen atoms in total. The maximum Gasteiger partial charge on any atom is 0.573 e. The number of aromatic nitrogens is 1. The molecule has 0 atom stereocenters. The third kappa shape index (κ3) is 6.41. The van der Waals surface area contributed by atoms with Gasteiger partial charge < -0.3 is 20.5 Å². The van der Waals surface area contributed by atoms with E-state index >= 15 is 0 Å². The number of rotatable bonds is 7. The summed E-state index contributed by atoms with van der Waals surface area (Å²) >= 11 is 12.2. The van der Waals surface area contributed by atoms with Crippen LogP contribution in [0.1, 0.15) is 21.5 Å². The van der Waals surface area contributed by atoms with Gasteiger partial charge in [0.15, 0.2) is 11.6 Å². The number of hydrogen-bond donors (Lipinski definition) is 2. The normalized spacial score (nSPS) is 11.2. The fourth-order valence-electron chi connectivity index (χ4n) is 2.61. The number of halogens is 5. The van der Waals surface area contributed by atoms with E-state index in [1.165, 1.54) is 24.4 Å². The van der Waals surface area contributed by atoms with E-state index in [9.17, 15) is 18.0 Å². The highest BCUT2D eigenvalue weighted by Crippen LogP contribution is 2.28. The average molecular weight is 486 g/mol. The van der Waals surface area contributed by atoms with E-state index in [1.54, 1.807) is 18.2 Å². The van der Waals surface area contributed by atoms with Crippen LogP contribution in [-0.2, 0) is 13.2 Å². The van der Waals surface area contributed by atoms with Gasteiger partial charge in [0.2, 0.25) is 0 Å². The topological polar surface area (TPSA) is 86.5 Å². The van der Waals surface area contributed by atoms with Crippen LogP contribution in [0.5, 0.6) is 11.5 Å². The molecule has 2 aromatic carbocycles. The second kappa shape index (κ2) is 9.97. The molecule has 0 saturated heterocycles. The van der Waals surface area contributed by atoms with Gasteiger partial charge in [-0.2, -0.15) is 0 Å². The molecule has 32 heavy (non-hydrogen) atoms. The third-order valence-corrected chi connectivity index (χ3v) is 4.90. The van der Waals surface area contributed by atoms with Crippen molar-refractivity contribution >= 4 is 34.9 Å². The first-order valence-electron chi connectivity index (χ1n) is 9.06. The molecule has 3 rings (SSSR count). The van der Waals surface area contributed by atoms with E-state index in [1.807, 2.05) is 0 Å². The number of nitrogen functional groups attached to an aromatic ring is 1. The zero-order valence-corrected chi connectivity index (χ0v) is 17.8. The van der Waals surface area contributed by atoms with E-state index in [4.69, 9.17) is 33.7 Å². The van der Waals surface area contributed by atoms with Crippen LogP contribution >= 0.6 is 23.2 Å². The molecule has 0 aliphatic rings. The summed E-state index contributed by atoms with van der Waals surface area (Å²) in [6.45, 7) is 0.0860. The van der Waals surface area contributed by atoms with Crippen molar-refractivity contribution in [3.05, 3.63) is 81.5 Å². The predicted molar refractivity (Wildman–Crippen MR) is 114 cm³/mol. The molecule has 0 spiro atoms. The molecule has 3 aromatic rings. The smallest absolute Gasteiger partial charge is 0.485 e. The van der Waals surface area contributed by atoms with Crippen LogP contribution < -0.4 is 20.5 Å². The summed E-state index contributed by atoms with van der Waals surface area (Å²) < 4.78 is 46.1. The molecule has 1 amide bonds. The number of carbonyl (C=O) groups excluding carboxylic acids is 1. The number of pyridine rings is 1. The van der Waals surface area contributed by atoms with Gasteiger partial charge in [0, 0.05) is 28.4 Å². The lowest BCUT2D eigenvalue weighted by Crippen LogP contribution is -2.23. The van der Waals surface area contributed by atoms with Crippen LogP contribution in [0.25, 0.3) is 0 Å². The first kappa shape index (κ1) is 23.5. The van der Waals surface area contributed by atoms with Gasteiger partial charge in [0.1, 0.15) is 12.4 Å². The molecule has 0 fully saturated rings. The van der Waals surface area contributed by atoms with Gasteiger partial charge in [-0.25, -0.2) is 4.98 Å². The molecule has 0 aliphatic heterocycles. The summed E-state index contributed by atoms with van der Waals surface area (Å²) in [5.41, 5.74) is 7.13. The van der Waals surface area contributed by atoms with Gasteiger partial charge in [0.25, 0.3) is 5.91 Å². The number of benzene rings is 2. The van der Waals surface area contributed by atoms with Gasteiger partial charge in [0.05, 0.1) is 5.56 Å². The van der Waals surface area contributed by atoms with Crippen LogP contribution in [0.3, 0.4) is 0 Å². The molecule has 1 aromatic heterocycles. The van der Waals surface area contributed by atoms with Gasteiger partial charge >= 0.3 is 6.36 Å². The number of alkyl halides is 3. The Hall–Kier alpha value is -3.17. The predicted octanol–water partition coefficient (Wildman–Crippen LogP) is 5.38. The van der Waals surface area contributed by atoms with Gasteiger partial charge in [-0.15, -0.1) is 13.2 Å². The quantitative estimate of drug-likeness (QED) is 0.469. The fraction of sp³-hybridized carbons (Fsp3) is 0.143. The summed E-state index contributed by atoms with van der Waals surface area (Å²) in [5.74, 6) is -0.586. The Morgan fingerprint density at radius 2 is 1.75 bits per heavy atom. The highest BCUT2D eigenvalue weighted by Gasteiger charge is 2.30. The number of nitrogens with one attached hydrogen (secondary N) is 1. The largest absolute Gasteiger partial charge is 0.573 e. The zero-order chi connectivity index (χ0) is 23.3. The van der Waals surface area contributed by atoms with Crippen LogP contribution in [-0.4, -0.2) is 17.3 Å². The standard InChI is InChI=1S/C21H16Cl2F3N3O3/c22-16-2-1-3-17(23)15(16)11-31-18-8-13(10-28-19(18)27)20(30)29-9-12-4-6-14(7-5-12)32-21(24,25)26/h1-8,10H,9,11H2,(H2,27,28)(H,29,30). The Morgan fingerprint density at radius 1 is 1.09 bits per heavy atom. The van der Waals surface area contributed by atoms with Crippen molar-refractivity contribution in [3.63, 3.8) is 0 Å². The van der Waals surface area contributed by atoms with E-state index in [-0.39, 0.29) is 36.0 Å². The van der Waals surface area contributed by atoms with Crippen molar-refractivity contribution in [2.24, 2.45) is 0 Å². The number of nitrogens with zero attached hydrogens (tertiary/aromatic N) is 1. The zero-order valence-electron chi connectivity index (χ0n) is 16.2. The monoisotopic (exact) mass is 485 g/mol. The first-order chi connectivity index (χ1) is 15.1. The maximum absolute atomic E-state index is 12.5. The Morgan fingerprint density at radius 3 is 2.38 bits per heavy atom. The van der Waals surface area contributed by atoms with Crippen molar-refractivity contribution < 1.29 is 27.4 Å². The minimum Gasteiger partial charge on any atom is -0.485 e. The number of anilines is 1. The van der Waals surface area contributed by atoms with Crippen molar-refractivity contribution in [1.82, 2.24) is 10.3 Å². The fourth-order valence-corrected chi connectivity index (χ4v) is 3.12. The van der Waals surface area contributed by atoms with Gasteiger partial charge in [-0.05, 0) is 35.9 Å². The minimum absolute atomic E-state index is 0.0157. The summed E-state index contributed by atoms with van der Waals surface area (Å²) in [7, 11) is 0.